The van der Waals surface area contributed by atoms with E-state index >= 15 is 0 Å². The summed E-state index contributed by atoms with van der Waals surface area (Å²) in [4.78, 5) is 18.3. The molecule has 1 aliphatic heterocycles. The summed E-state index contributed by atoms with van der Waals surface area (Å²) in [5.41, 5.74) is 1.92. The Kier molecular flexibility index (Phi) is 3.65. The maximum atomic E-state index is 12.5. The zero-order valence-electron chi connectivity index (χ0n) is 11.5. The van der Waals surface area contributed by atoms with Crippen LogP contribution in [0.5, 0.6) is 0 Å². The summed E-state index contributed by atoms with van der Waals surface area (Å²) in [6, 6.07) is 7.14. The summed E-state index contributed by atoms with van der Waals surface area (Å²) in [7, 11) is 0. The number of H-pyrrole nitrogens is 1. The van der Waals surface area contributed by atoms with Gasteiger partial charge in [0.05, 0.1) is 5.56 Å². The van der Waals surface area contributed by atoms with E-state index in [4.69, 9.17) is 5.26 Å². The van der Waals surface area contributed by atoms with Gasteiger partial charge in [-0.05, 0) is 31.0 Å². The number of aromatic amines is 1. The van der Waals surface area contributed by atoms with Gasteiger partial charge in [-0.25, -0.2) is 4.98 Å². The third-order valence-corrected chi connectivity index (χ3v) is 3.80. The first-order valence-corrected chi connectivity index (χ1v) is 6.92. The van der Waals surface area contributed by atoms with Gasteiger partial charge in [0.15, 0.2) is 0 Å². The molecular formula is C15H15N5O. The molecule has 1 amide bonds. The Morgan fingerprint density at radius 3 is 3.00 bits per heavy atom. The van der Waals surface area contributed by atoms with E-state index in [9.17, 15) is 4.79 Å². The molecule has 1 atom stereocenters. The van der Waals surface area contributed by atoms with E-state index in [0.29, 0.717) is 23.7 Å². The molecule has 1 fully saturated rings. The van der Waals surface area contributed by atoms with Gasteiger partial charge < -0.3 is 4.90 Å². The minimum atomic E-state index is -0.0313. The lowest BCUT2D eigenvalue weighted by Crippen LogP contribution is -2.39. The van der Waals surface area contributed by atoms with Crippen LogP contribution in [0.1, 0.15) is 40.5 Å². The molecule has 21 heavy (non-hydrogen) atoms. The van der Waals surface area contributed by atoms with Crippen molar-refractivity contribution >= 4 is 5.91 Å². The van der Waals surface area contributed by atoms with Gasteiger partial charge in [0, 0.05) is 37.1 Å². The number of nitriles is 1. The molecule has 106 valence electrons. The van der Waals surface area contributed by atoms with Gasteiger partial charge in [-0.2, -0.15) is 10.4 Å². The predicted molar refractivity (Wildman–Crippen MR) is 75.4 cm³/mol. The first-order valence-electron chi connectivity index (χ1n) is 6.92. The summed E-state index contributed by atoms with van der Waals surface area (Å²) in [6.07, 6.45) is 5.23. The maximum Gasteiger partial charge on any atom is 0.255 e. The molecule has 0 bridgehead atoms. The van der Waals surface area contributed by atoms with Crippen LogP contribution in [-0.4, -0.2) is 39.1 Å². The molecule has 0 radical (unpaired) electrons. The number of hydrogen-bond donors (Lipinski definition) is 1. The van der Waals surface area contributed by atoms with Crippen LogP contribution in [0.25, 0.3) is 0 Å². The van der Waals surface area contributed by atoms with Gasteiger partial charge in [-0.15, -0.1) is 0 Å². The number of aromatic nitrogens is 3. The zero-order valence-corrected chi connectivity index (χ0v) is 11.5. The summed E-state index contributed by atoms with van der Waals surface area (Å²) in [5, 5.41) is 15.7. The van der Waals surface area contributed by atoms with Crippen molar-refractivity contribution in [3.63, 3.8) is 0 Å². The Bertz CT molecular complexity index is 656. The van der Waals surface area contributed by atoms with Gasteiger partial charge >= 0.3 is 0 Å². The van der Waals surface area contributed by atoms with Crippen molar-refractivity contribution in [1.82, 2.24) is 20.1 Å². The SMILES string of the molecule is N#Cc1ccc(C(=O)N2CCC[C@H](c3ccn[nH]3)C2)cn1. The molecule has 6 nitrogen and oxygen atoms in total. The number of carbonyl (C=O) groups excluding carboxylic acids is 1. The quantitative estimate of drug-likeness (QED) is 0.907. The van der Waals surface area contributed by atoms with Gasteiger partial charge in [0.2, 0.25) is 0 Å². The number of pyridine rings is 1. The zero-order chi connectivity index (χ0) is 14.7. The van der Waals surface area contributed by atoms with Crippen LogP contribution < -0.4 is 0 Å². The van der Waals surface area contributed by atoms with Crippen molar-refractivity contribution in [2.24, 2.45) is 0 Å². The van der Waals surface area contributed by atoms with E-state index in [2.05, 4.69) is 15.2 Å². The standard InChI is InChI=1S/C15H15N5O/c16-8-13-4-3-11(9-17-13)15(21)20-7-1-2-12(10-20)14-5-6-18-19-14/h3-6,9,12H,1-2,7,10H2,(H,18,19)/t12-/m0/s1. The largest absolute Gasteiger partial charge is 0.338 e. The number of piperidine rings is 1. The molecule has 0 saturated carbocycles. The second kappa shape index (κ2) is 5.75. The monoisotopic (exact) mass is 281 g/mol. The van der Waals surface area contributed by atoms with E-state index in [1.54, 1.807) is 18.3 Å². The highest BCUT2D eigenvalue weighted by Crippen LogP contribution is 2.26. The van der Waals surface area contributed by atoms with Crippen LogP contribution >= 0.6 is 0 Å². The van der Waals surface area contributed by atoms with Gasteiger partial charge in [-0.1, -0.05) is 0 Å². The number of nitrogens with one attached hydrogen (secondary N) is 1. The summed E-state index contributed by atoms with van der Waals surface area (Å²) in [6.45, 7) is 1.44. The van der Waals surface area contributed by atoms with Crippen molar-refractivity contribution in [3.05, 3.63) is 47.5 Å². The highest BCUT2D eigenvalue weighted by molar-refractivity contribution is 5.94. The fourth-order valence-corrected chi connectivity index (χ4v) is 2.68. The van der Waals surface area contributed by atoms with Crippen LogP contribution in [0.15, 0.2) is 30.6 Å². The van der Waals surface area contributed by atoms with Crippen LogP contribution in [0.2, 0.25) is 0 Å². The fraction of sp³-hybridized carbons (Fsp3) is 0.333. The molecule has 0 aromatic carbocycles. The average Bonchev–Trinajstić information content (AvgIpc) is 3.09. The van der Waals surface area contributed by atoms with Crippen LogP contribution in [0.4, 0.5) is 0 Å². The first-order chi connectivity index (χ1) is 10.3. The summed E-state index contributed by atoms with van der Waals surface area (Å²) in [5.74, 6) is 0.271. The van der Waals surface area contributed by atoms with E-state index < -0.39 is 0 Å². The smallest absolute Gasteiger partial charge is 0.255 e. The molecule has 1 N–H and O–H groups in total. The van der Waals surface area contributed by atoms with Crippen molar-refractivity contribution in [2.75, 3.05) is 13.1 Å². The van der Waals surface area contributed by atoms with Gasteiger partial charge in [0.1, 0.15) is 11.8 Å². The molecule has 6 heteroatoms. The molecule has 3 heterocycles. The average molecular weight is 281 g/mol. The molecule has 2 aromatic rings. The molecule has 1 aliphatic rings. The molecule has 1 saturated heterocycles. The van der Waals surface area contributed by atoms with Crippen LogP contribution in [0.3, 0.4) is 0 Å². The van der Waals surface area contributed by atoms with Gasteiger partial charge in [-0.3, -0.25) is 9.89 Å². The van der Waals surface area contributed by atoms with E-state index in [1.807, 2.05) is 17.0 Å². The van der Waals surface area contributed by atoms with Crippen molar-refractivity contribution < 1.29 is 4.79 Å². The lowest BCUT2D eigenvalue weighted by molar-refractivity contribution is 0.0705. The summed E-state index contributed by atoms with van der Waals surface area (Å²) >= 11 is 0. The number of hydrogen-bond acceptors (Lipinski definition) is 4. The molecular weight excluding hydrogens is 266 g/mol. The lowest BCUT2D eigenvalue weighted by atomic mass is 9.94. The second-order valence-corrected chi connectivity index (χ2v) is 5.15. The minimum absolute atomic E-state index is 0.0313. The Morgan fingerprint density at radius 2 is 2.33 bits per heavy atom. The Labute approximate surface area is 122 Å². The van der Waals surface area contributed by atoms with Crippen molar-refractivity contribution in [1.29, 1.82) is 5.26 Å². The number of likely N-dealkylation sites (tertiary alicyclic amines) is 1. The van der Waals surface area contributed by atoms with E-state index in [1.165, 1.54) is 6.20 Å². The lowest BCUT2D eigenvalue weighted by Gasteiger charge is -2.32. The first kappa shape index (κ1) is 13.3. The number of carbonyl (C=O) groups is 1. The second-order valence-electron chi connectivity index (χ2n) is 5.15. The Hall–Kier alpha value is -2.68. The molecule has 0 aliphatic carbocycles. The highest BCUT2D eigenvalue weighted by Gasteiger charge is 2.26. The number of rotatable bonds is 2. The van der Waals surface area contributed by atoms with Crippen LogP contribution in [-0.2, 0) is 0 Å². The predicted octanol–water partition coefficient (Wildman–Crippen LogP) is 1.70. The fourth-order valence-electron chi connectivity index (χ4n) is 2.68. The van der Waals surface area contributed by atoms with E-state index in [0.717, 1.165) is 25.1 Å². The maximum absolute atomic E-state index is 12.5. The minimum Gasteiger partial charge on any atom is -0.338 e. The Morgan fingerprint density at radius 1 is 1.43 bits per heavy atom. The van der Waals surface area contributed by atoms with Crippen molar-refractivity contribution in [3.8, 4) is 6.07 Å². The molecule has 3 rings (SSSR count). The number of amides is 1. The van der Waals surface area contributed by atoms with Crippen LogP contribution in [0, 0.1) is 11.3 Å². The van der Waals surface area contributed by atoms with Crippen molar-refractivity contribution in [2.45, 2.75) is 18.8 Å². The third-order valence-electron chi connectivity index (χ3n) is 3.80. The molecule has 0 unspecified atom stereocenters. The highest BCUT2D eigenvalue weighted by atomic mass is 16.2. The van der Waals surface area contributed by atoms with Gasteiger partial charge in [0.25, 0.3) is 5.91 Å². The summed E-state index contributed by atoms with van der Waals surface area (Å²) < 4.78 is 0. The Balaban J connectivity index is 1.73. The number of nitrogens with zero attached hydrogens (tertiary/aromatic N) is 4. The third kappa shape index (κ3) is 2.77. The molecule has 0 spiro atoms. The normalized spacial score (nSPS) is 18.2. The molecule has 2 aromatic heterocycles. The topological polar surface area (TPSA) is 85.7 Å². The van der Waals surface area contributed by atoms with E-state index in [-0.39, 0.29) is 5.91 Å².